The second-order valence-electron chi connectivity index (χ2n) is 6.70. The van der Waals surface area contributed by atoms with E-state index in [0.29, 0.717) is 19.0 Å². The summed E-state index contributed by atoms with van der Waals surface area (Å²) in [7, 11) is 0. The van der Waals surface area contributed by atoms with Crippen molar-refractivity contribution in [3.8, 4) is 0 Å². The molecule has 4 nitrogen and oxygen atoms in total. The number of carbonyl (C=O) groups is 2. The van der Waals surface area contributed by atoms with Crippen LogP contribution in [0.25, 0.3) is 0 Å². The first-order valence-corrected chi connectivity index (χ1v) is 8.43. The van der Waals surface area contributed by atoms with Gasteiger partial charge in [-0.1, -0.05) is 19.8 Å². The molecular weight excluding hydrogens is 309 g/mol. The molecule has 0 aromatic rings. The molecule has 2 fully saturated rings. The first-order valence-electron chi connectivity index (χ1n) is 8.43. The van der Waals surface area contributed by atoms with Gasteiger partial charge in [-0.3, -0.25) is 9.59 Å². The van der Waals surface area contributed by atoms with Crippen LogP contribution in [0.15, 0.2) is 0 Å². The average Bonchev–Trinajstić information content (AvgIpc) is 2.68. The molecule has 0 N–H and O–H groups in total. The SMILES string of the molecule is CCC[C@H]1CCCN(C(=O)[C@@H]2CC(=O)N(CC(F)(F)F)C2)CC1. The highest BCUT2D eigenvalue weighted by molar-refractivity contribution is 5.89. The Morgan fingerprint density at radius 1 is 1.26 bits per heavy atom. The molecule has 2 rings (SSSR count). The highest BCUT2D eigenvalue weighted by Crippen LogP contribution is 2.27. The van der Waals surface area contributed by atoms with E-state index < -0.39 is 24.5 Å². The summed E-state index contributed by atoms with van der Waals surface area (Å²) in [6, 6.07) is 0. The van der Waals surface area contributed by atoms with Crippen molar-refractivity contribution in [1.29, 1.82) is 0 Å². The summed E-state index contributed by atoms with van der Waals surface area (Å²) in [4.78, 5) is 26.8. The summed E-state index contributed by atoms with van der Waals surface area (Å²) in [6.07, 6.45) is 0.760. The molecule has 2 saturated heterocycles. The van der Waals surface area contributed by atoms with Gasteiger partial charge in [0.1, 0.15) is 6.54 Å². The van der Waals surface area contributed by atoms with Crippen molar-refractivity contribution < 1.29 is 22.8 Å². The van der Waals surface area contributed by atoms with Crippen LogP contribution < -0.4 is 0 Å². The third kappa shape index (κ3) is 5.11. The van der Waals surface area contributed by atoms with E-state index in [4.69, 9.17) is 0 Å². The number of alkyl halides is 3. The van der Waals surface area contributed by atoms with Gasteiger partial charge in [-0.05, 0) is 25.2 Å². The largest absolute Gasteiger partial charge is 0.406 e. The standard InChI is InChI=1S/C16H25F3N2O2/c1-2-4-12-5-3-7-20(8-6-12)15(23)13-9-14(22)21(10-13)11-16(17,18)19/h12-13H,2-11H2,1H3/t12-,13+/m0/s1. The van der Waals surface area contributed by atoms with Crippen molar-refractivity contribution in [2.24, 2.45) is 11.8 Å². The van der Waals surface area contributed by atoms with Gasteiger partial charge >= 0.3 is 6.18 Å². The van der Waals surface area contributed by atoms with E-state index in [1.54, 1.807) is 4.90 Å². The van der Waals surface area contributed by atoms with Crippen LogP contribution in [0.4, 0.5) is 13.2 Å². The number of nitrogens with zero attached hydrogens (tertiary/aromatic N) is 2. The van der Waals surface area contributed by atoms with Crippen LogP contribution >= 0.6 is 0 Å². The fourth-order valence-corrected chi connectivity index (χ4v) is 3.65. The Balaban J connectivity index is 1.89. The molecule has 2 heterocycles. The molecule has 0 aromatic heterocycles. The number of hydrogen-bond acceptors (Lipinski definition) is 2. The van der Waals surface area contributed by atoms with Gasteiger partial charge in [-0.2, -0.15) is 13.2 Å². The summed E-state index contributed by atoms with van der Waals surface area (Å²) in [5.41, 5.74) is 0. The molecular formula is C16H25F3N2O2. The van der Waals surface area contributed by atoms with Gasteiger partial charge in [0, 0.05) is 26.1 Å². The Morgan fingerprint density at radius 3 is 2.65 bits per heavy atom. The molecule has 2 aliphatic heterocycles. The van der Waals surface area contributed by atoms with Crippen molar-refractivity contribution >= 4 is 11.8 Å². The molecule has 0 spiro atoms. The summed E-state index contributed by atoms with van der Waals surface area (Å²) < 4.78 is 37.3. The Bertz CT molecular complexity index is 440. The molecule has 7 heteroatoms. The number of amides is 2. The van der Waals surface area contributed by atoms with Crippen LogP contribution in [0.3, 0.4) is 0 Å². The smallest absolute Gasteiger partial charge is 0.342 e. The zero-order valence-electron chi connectivity index (χ0n) is 13.6. The van der Waals surface area contributed by atoms with Crippen molar-refractivity contribution in [2.75, 3.05) is 26.2 Å². The normalized spacial score (nSPS) is 26.5. The lowest BCUT2D eigenvalue weighted by molar-refractivity contribution is -0.157. The lowest BCUT2D eigenvalue weighted by atomic mass is 9.96. The molecule has 23 heavy (non-hydrogen) atoms. The fourth-order valence-electron chi connectivity index (χ4n) is 3.65. The minimum atomic E-state index is -4.41. The monoisotopic (exact) mass is 334 g/mol. The molecule has 0 aromatic carbocycles. The van der Waals surface area contributed by atoms with Gasteiger partial charge in [0.15, 0.2) is 0 Å². The van der Waals surface area contributed by atoms with Gasteiger partial charge in [0.25, 0.3) is 0 Å². The Kier molecular flexibility index (Phi) is 5.92. The maximum atomic E-state index is 12.5. The highest BCUT2D eigenvalue weighted by Gasteiger charge is 2.41. The van der Waals surface area contributed by atoms with E-state index in [1.807, 2.05) is 0 Å². The average molecular weight is 334 g/mol. The predicted octanol–water partition coefficient (Wildman–Crippen LogP) is 2.83. The van der Waals surface area contributed by atoms with Crippen LogP contribution in [0.2, 0.25) is 0 Å². The fraction of sp³-hybridized carbons (Fsp3) is 0.875. The Labute approximate surface area is 135 Å². The van der Waals surface area contributed by atoms with Gasteiger partial charge in [-0.15, -0.1) is 0 Å². The highest BCUT2D eigenvalue weighted by atomic mass is 19.4. The number of carbonyl (C=O) groups excluding carboxylic acids is 2. The van der Waals surface area contributed by atoms with Crippen LogP contribution in [0.1, 0.15) is 45.4 Å². The zero-order valence-corrected chi connectivity index (χ0v) is 13.6. The molecule has 0 radical (unpaired) electrons. The summed E-state index contributed by atoms with van der Waals surface area (Å²) in [6.45, 7) is 2.10. The second kappa shape index (κ2) is 7.53. The third-order valence-corrected chi connectivity index (χ3v) is 4.79. The molecule has 0 saturated carbocycles. The topological polar surface area (TPSA) is 40.6 Å². The first-order chi connectivity index (χ1) is 10.8. The summed E-state index contributed by atoms with van der Waals surface area (Å²) in [5, 5.41) is 0. The molecule has 132 valence electrons. The number of hydrogen-bond donors (Lipinski definition) is 0. The zero-order chi connectivity index (χ0) is 17.0. The van der Waals surface area contributed by atoms with Gasteiger partial charge in [0.05, 0.1) is 5.92 Å². The van der Waals surface area contributed by atoms with Crippen molar-refractivity contribution in [3.63, 3.8) is 0 Å². The molecule has 0 bridgehead atoms. The number of likely N-dealkylation sites (tertiary alicyclic amines) is 2. The summed E-state index contributed by atoms with van der Waals surface area (Å²) in [5.74, 6) is -0.711. The van der Waals surface area contributed by atoms with E-state index in [-0.39, 0.29) is 18.9 Å². The van der Waals surface area contributed by atoms with E-state index >= 15 is 0 Å². The van der Waals surface area contributed by atoms with E-state index in [9.17, 15) is 22.8 Å². The molecule has 0 unspecified atom stereocenters. The number of rotatable bonds is 4. The lowest BCUT2D eigenvalue weighted by Crippen LogP contribution is -2.39. The van der Waals surface area contributed by atoms with Crippen LogP contribution in [-0.2, 0) is 9.59 Å². The Morgan fingerprint density at radius 2 is 2.00 bits per heavy atom. The van der Waals surface area contributed by atoms with E-state index in [1.165, 1.54) is 0 Å². The first kappa shape index (κ1) is 18.1. The Hall–Kier alpha value is -1.27. The van der Waals surface area contributed by atoms with Crippen LogP contribution in [0, 0.1) is 11.8 Å². The van der Waals surface area contributed by atoms with Crippen molar-refractivity contribution in [2.45, 2.75) is 51.6 Å². The molecule has 2 amide bonds. The minimum Gasteiger partial charge on any atom is -0.342 e. The quantitative estimate of drug-likeness (QED) is 0.793. The third-order valence-electron chi connectivity index (χ3n) is 4.79. The maximum Gasteiger partial charge on any atom is 0.406 e. The maximum absolute atomic E-state index is 12.5. The van der Waals surface area contributed by atoms with Gasteiger partial charge in [0.2, 0.25) is 11.8 Å². The van der Waals surface area contributed by atoms with Crippen molar-refractivity contribution in [3.05, 3.63) is 0 Å². The number of halogens is 3. The second-order valence-corrected chi connectivity index (χ2v) is 6.70. The van der Waals surface area contributed by atoms with Crippen molar-refractivity contribution in [1.82, 2.24) is 9.80 Å². The van der Waals surface area contributed by atoms with Crippen LogP contribution in [-0.4, -0.2) is 54.0 Å². The predicted molar refractivity (Wildman–Crippen MR) is 79.6 cm³/mol. The van der Waals surface area contributed by atoms with E-state index in [0.717, 1.165) is 37.0 Å². The summed E-state index contributed by atoms with van der Waals surface area (Å²) >= 11 is 0. The van der Waals surface area contributed by atoms with Crippen LogP contribution in [0.5, 0.6) is 0 Å². The molecule has 2 atom stereocenters. The van der Waals surface area contributed by atoms with Gasteiger partial charge < -0.3 is 9.80 Å². The van der Waals surface area contributed by atoms with Gasteiger partial charge in [-0.25, -0.2) is 0 Å². The molecule has 0 aliphatic carbocycles. The lowest BCUT2D eigenvalue weighted by Gasteiger charge is -2.24. The van der Waals surface area contributed by atoms with E-state index in [2.05, 4.69) is 6.92 Å². The minimum absolute atomic E-state index is 0.0935. The molecule has 2 aliphatic rings.